The monoisotopic (exact) mass is 400 g/mol. The quantitative estimate of drug-likeness (QED) is 0.652. The Balaban J connectivity index is 1.53. The average molecular weight is 401 g/mol. The lowest BCUT2D eigenvalue weighted by atomic mass is 9.89. The Bertz CT molecular complexity index is 804. The van der Waals surface area contributed by atoms with Crippen molar-refractivity contribution in [2.45, 2.75) is 37.0 Å². The second-order valence-corrected chi connectivity index (χ2v) is 8.07. The van der Waals surface area contributed by atoms with Gasteiger partial charge < -0.3 is 10.6 Å². The van der Waals surface area contributed by atoms with Crippen LogP contribution in [-0.4, -0.2) is 24.1 Å². The SMILES string of the molecule is O=C(CSc1ccccc1C(=O)Nc1ccc(F)cc1)NCC1CCCCC1. The van der Waals surface area contributed by atoms with Crippen LogP contribution >= 0.6 is 11.8 Å². The molecule has 0 heterocycles. The summed E-state index contributed by atoms with van der Waals surface area (Å²) in [4.78, 5) is 25.5. The van der Waals surface area contributed by atoms with E-state index in [-0.39, 0.29) is 23.4 Å². The van der Waals surface area contributed by atoms with E-state index >= 15 is 0 Å². The molecule has 0 aliphatic heterocycles. The summed E-state index contributed by atoms with van der Waals surface area (Å²) in [6.45, 7) is 0.742. The van der Waals surface area contributed by atoms with Gasteiger partial charge in [-0.15, -0.1) is 11.8 Å². The molecule has 0 aromatic heterocycles. The third kappa shape index (κ3) is 6.09. The summed E-state index contributed by atoms with van der Waals surface area (Å²) >= 11 is 1.35. The molecule has 1 saturated carbocycles. The first-order chi connectivity index (χ1) is 13.6. The number of nitrogens with one attached hydrogen (secondary N) is 2. The largest absolute Gasteiger partial charge is 0.355 e. The zero-order valence-electron chi connectivity index (χ0n) is 15.7. The molecule has 148 valence electrons. The summed E-state index contributed by atoms with van der Waals surface area (Å²) in [6, 6.07) is 12.8. The minimum absolute atomic E-state index is 0.00989. The number of carbonyl (C=O) groups is 2. The summed E-state index contributed by atoms with van der Waals surface area (Å²) in [7, 11) is 0. The van der Waals surface area contributed by atoms with Crippen molar-refractivity contribution in [2.24, 2.45) is 5.92 Å². The first kappa shape index (κ1) is 20.4. The summed E-state index contributed by atoms with van der Waals surface area (Å²) in [5.74, 6) is 0.222. The topological polar surface area (TPSA) is 58.2 Å². The molecule has 6 heteroatoms. The number of hydrogen-bond acceptors (Lipinski definition) is 3. The molecule has 1 aliphatic carbocycles. The van der Waals surface area contributed by atoms with Crippen LogP contribution in [0.1, 0.15) is 42.5 Å². The number of hydrogen-bond donors (Lipinski definition) is 2. The van der Waals surface area contributed by atoms with E-state index in [1.54, 1.807) is 12.1 Å². The van der Waals surface area contributed by atoms with E-state index < -0.39 is 0 Å². The first-order valence-corrected chi connectivity index (χ1v) is 10.7. The van der Waals surface area contributed by atoms with Crippen LogP contribution in [-0.2, 0) is 4.79 Å². The van der Waals surface area contributed by atoms with Crippen LogP contribution in [0.4, 0.5) is 10.1 Å². The third-order valence-corrected chi connectivity index (χ3v) is 5.98. The fraction of sp³-hybridized carbons (Fsp3) is 0.364. The van der Waals surface area contributed by atoms with Gasteiger partial charge in [0.1, 0.15) is 5.82 Å². The molecule has 0 saturated heterocycles. The van der Waals surface area contributed by atoms with E-state index in [2.05, 4.69) is 10.6 Å². The van der Waals surface area contributed by atoms with Gasteiger partial charge >= 0.3 is 0 Å². The second-order valence-electron chi connectivity index (χ2n) is 7.05. The highest BCUT2D eigenvalue weighted by molar-refractivity contribution is 8.00. The molecule has 2 N–H and O–H groups in total. The van der Waals surface area contributed by atoms with Gasteiger partial charge in [0.15, 0.2) is 0 Å². The van der Waals surface area contributed by atoms with Gasteiger partial charge in [-0.05, 0) is 55.2 Å². The average Bonchev–Trinajstić information content (AvgIpc) is 2.73. The van der Waals surface area contributed by atoms with Gasteiger partial charge in [-0.3, -0.25) is 9.59 Å². The molecule has 3 rings (SSSR count). The Morgan fingerprint density at radius 3 is 2.46 bits per heavy atom. The van der Waals surface area contributed by atoms with Crippen LogP contribution < -0.4 is 10.6 Å². The lowest BCUT2D eigenvalue weighted by Crippen LogP contribution is -2.31. The van der Waals surface area contributed by atoms with Crippen molar-refractivity contribution in [1.29, 1.82) is 0 Å². The molecular weight excluding hydrogens is 375 g/mol. The minimum atomic E-state index is -0.354. The minimum Gasteiger partial charge on any atom is -0.355 e. The standard InChI is InChI=1S/C22H25FN2O2S/c23-17-10-12-18(13-11-17)25-22(27)19-8-4-5-9-20(19)28-15-21(26)24-14-16-6-2-1-3-7-16/h4-5,8-13,16H,1-3,6-7,14-15H2,(H,24,26)(H,25,27). The normalized spacial score (nSPS) is 14.5. The van der Waals surface area contributed by atoms with E-state index in [1.807, 2.05) is 12.1 Å². The maximum absolute atomic E-state index is 13.0. The maximum Gasteiger partial charge on any atom is 0.256 e. The van der Waals surface area contributed by atoms with Gasteiger partial charge in [0, 0.05) is 17.1 Å². The van der Waals surface area contributed by atoms with Crippen LogP contribution in [0.2, 0.25) is 0 Å². The molecule has 0 bridgehead atoms. The lowest BCUT2D eigenvalue weighted by molar-refractivity contribution is -0.118. The maximum atomic E-state index is 13.0. The van der Waals surface area contributed by atoms with Crippen molar-refractivity contribution < 1.29 is 14.0 Å². The van der Waals surface area contributed by atoms with Crippen molar-refractivity contribution >= 4 is 29.3 Å². The molecule has 2 amide bonds. The second kappa shape index (κ2) is 10.3. The predicted molar refractivity (Wildman–Crippen MR) is 111 cm³/mol. The van der Waals surface area contributed by atoms with Crippen LogP contribution in [0.25, 0.3) is 0 Å². The van der Waals surface area contributed by atoms with Crippen molar-refractivity contribution in [3.63, 3.8) is 0 Å². The summed E-state index contributed by atoms with van der Waals surface area (Å²) < 4.78 is 13.0. The summed E-state index contributed by atoms with van der Waals surface area (Å²) in [6.07, 6.45) is 6.20. The van der Waals surface area contributed by atoms with E-state index in [1.165, 1.54) is 68.1 Å². The van der Waals surface area contributed by atoms with Crippen molar-refractivity contribution in [3.8, 4) is 0 Å². The number of carbonyl (C=O) groups excluding carboxylic acids is 2. The molecule has 2 aromatic carbocycles. The van der Waals surface area contributed by atoms with Crippen LogP contribution in [0, 0.1) is 11.7 Å². The zero-order valence-corrected chi connectivity index (χ0v) is 16.6. The molecule has 0 radical (unpaired) electrons. The van der Waals surface area contributed by atoms with Crippen molar-refractivity contribution in [1.82, 2.24) is 5.32 Å². The van der Waals surface area contributed by atoms with Crippen LogP contribution in [0.5, 0.6) is 0 Å². The Labute approximate surface area is 169 Å². The van der Waals surface area contributed by atoms with Gasteiger partial charge in [-0.25, -0.2) is 4.39 Å². The van der Waals surface area contributed by atoms with E-state index in [4.69, 9.17) is 0 Å². The van der Waals surface area contributed by atoms with Crippen LogP contribution in [0.3, 0.4) is 0 Å². The van der Waals surface area contributed by atoms with Crippen molar-refractivity contribution in [3.05, 3.63) is 59.9 Å². The Morgan fingerprint density at radius 1 is 1.00 bits per heavy atom. The number of halogens is 1. The Morgan fingerprint density at radius 2 is 1.71 bits per heavy atom. The third-order valence-electron chi connectivity index (χ3n) is 4.91. The molecule has 0 unspecified atom stereocenters. The van der Waals surface area contributed by atoms with Crippen molar-refractivity contribution in [2.75, 3.05) is 17.6 Å². The smallest absolute Gasteiger partial charge is 0.256 e. The van der Waals surface area contributed by atoms with Gasteiger partial charge in [-0.2, -0.15) is 0 Å². The Kier molecular flexibility index (Phi) is 7.48. The molecule has 28 heavy (non-hydrogen) atoms. The Hall–Kier alpha value is -2.34. The van der Waals surface area contributed by atoms with Gasteiger partial charge in [0.05, 0.1) is 11.3 Å². The van der Waals surface area contributed by atoms with E-state index in [9.17, 15) is 14.0 Å². The molecule has 4 nitrogen and oxygen atoms in total. The fourth-order valence-corrected chi connectivity index (χ4v) is 4.24. The van der Waals surface area contributed by atoms with Gasteiger partial charge in [-0.1, -0.05) is 31.4 Å². The first-order valence-electron chi connectivity index (χ1n) is 9.67. The lowest BCUT2D eigenvalue weighted by Gasteiger charge is -2.21. The molecule has 2 aromatic rings. The molecule has 1 fully saturated rings. The fourth-order valence-electron chi connectivity index (χ4n) is 3.36. The van der Waals surface area contributed by atoms with E-state index in [0.717, 1.165) is 11.4 Å². The molecule has 1 aliphatic rings. The van der Waals surface area contributed by atoms with Crippen LogP contribution in [0.15, 0.2) is 53.4 Å². The molecule has 0 atom stereocenters. The van der Waals surface area contributed by atoms with Gasteiger partial charge in [0.25, 0.3) is 5.91 Å². The number of anilines is 1. The molecular formula is C22H25FN2O2S. The number of thioether (sulfide) groups is 1. The highest BCUT2D eigenvalue weighted by Crippen LogP contribution is 2.25. The highest BCUT2D eigenvalue weighted by Gasteiger charge is 2.16. The summed E-state index contributed by atoms with van der Waals surface area (Å²) in [5.41, 5.74) is 1.02. The number of benzene rings is 2. The predicted octanol–water partition coefficient (Wildman–Crippen LogP) is 4.87. The zero-order chi connectivity index (χ0) is 19.8. The number of amides is 2. The summed E-state index contributed by atoms with van der Waals surface area (Å²) in [5, 5.41) is 5.78. The highest BCUT2D eigenvalue weighted by atomic mass is 32.2. The van der Waals surface area contributed by atoms with E-state index in [0.29, 0.717) is 17.2 Å². The van der Waals surface area contributed by atoms with Gasteiger partial charge in [0.2, 0.25) is 5.91 Å². The molecule has 0 spiro atoms. The number of rotatable bonds is 7.